The first-order chi connectivity index (χ1) is 19.4. The van der Waals surface area contributed by atoms with Crippen LogP contribution in [0.15, 0.2) is 0 Å². The van der Waals surface area contributed by atoms with Crippen LogP contribution in [0.3, 0.4) is 0 Å². The van der Waals surface area contributed by atoms with Crippen molar-refractivity contribution in [1.29, 1.82) is 0 Å². The van der Waals surface area contributed by atoms with E-state index in [1.165, 1.54) is 13.2 Å². The Bertz CT molecular complexity index is 844. The first-order valence-corrected chi connectivity index (χ1v) is 15.7. The van der Waals surface area contributed by atoms with E-state index in [-0.39, 0.29) is 55.3 Å². The molecule has 0 saturated heterocycles. The fourth-order valence-electron chi connectivity index (χ4n) is 3.55. The lowest BCUT2D eigenvalue weighted by Gasteiger charge is -2.22. The number of carbonyl (C=O) groups excluding carboxylic acids is 5. The Kier molecular flexibility index (Phi) is 21.8. The third kappa shape index (κ3) is 20.1. The molecule has 0 radical (unpaired) electrons. The van der Waals surface area contributed by atoms with Crippen molar-refractivity contribution in [3.05, 3.63) is 0 Å². The predicted molar refractivity (Wildman–Crippen MR) is 154 cm³/mol. The van der Waals surface area contributed by atoms with Crippen LogP contribution in [0.4, 0.5) is 0 Å². The van der Waals surface area contributed by atoms with Crippen LogP contribution in [0, 0.1) is 11.8 Å². The van der Waals surface area contributed by atoms with Gasteiger partial charge in [-0.2, -0.15) is 0 Å². The molecule has 0 bridgehead atoms. The molecule has 0 heterocycles. The van der Waals surface area contributed by atoms with Crippen molar-refractivity contribution >= 4 is 40.2 Å². The third-order valence-corrected chi connectivity index (χ3v) is 6.95. The summed E-state index contributed by atoms with van der Waals surface area (Å²) >= 11 is 0. The smallest absolute Gasteiger partial charge is 0.245 e. The minimum Gasteiger partial charge on any atom is -0.391 e. The molecule has 0 aliphatic heterocycles. The van der Waals surface area contributed by atoms with Gasteiger partial charge in [0.1, 0.15) is 18.4 Å². The number of hydrogen-bond acceptors (Lipinski definition) is 10. The lowest BCUT2D eigenvalue weighted by atomic mass is 9.90. The summed E-state index contributed by atoms with van der Waals surface area (Å²) in [4.78, 5) is 59.9. The third-order valence-electron chi connectivity index (χ3n) is 6.14. The Hall–Kier alpha value is -2.46. The van der Waals surface area contributed by atoms with Crippen LogP contribution in [0.25, 0.3) is 0 Å². The van der Waals surface area contributed by atoms with Crippen molar-refractivity contribution in [2.45, 2.75) is 71.4 Å². The summed E-state index contributed by atoms with van der Waals surface area (Å²) in [6, 6.07) is -1.20. The van der Waals surface area contributed by atoms with Gasteiger partial charge in [0.15, 0.2) is 0 Å². The molecule has 0 aliphatic rings. The minimum absolute atomic E-state index is 0.0387. The van der Waals surface area contributed by atoms with Crippen molar-refractivity contribution in [1.82, 2.24) is 21.5 Å². The number of Topliss-reactive ketones (excluding diaryl/α,β-unsaturated/α-hetero) is 1. The largest absolute Gasteiger partial charge is 0.391 e. The zero-order valence-corrected chi connectivity index (χ0v) is 25.5. The highest BCUT2D eigenvalue weighted by atomic mass is 32.2. The average Bonchev–Trinajstić information content (AvgIpc) is 2.91. The van der Waals surface area contributed by atoms with E-state index in [0.29, 0.717) is 52.0 Å². The number of unbranched alkanes of at least 4 members (excludes halogenated alkanes) is 1. The van der Waals surface area contributed by atoms with Gasteiger partial charge >= 0.3 is 0 Å². The number of carbonyl (C=O) groups is 5. The molecule has 0 aromatic carbocycles. The molecule has 0 aromatic rings. The summed E-state index contributed by atoms with van der Waals surface area (Å²) in [7, 11) is -1.16. The monoisotopic (exact) mass is 607 g/mol. The van der Waals surface area contributed by atoms with Crippen molar-refractivity contribution in [3.8, 4) is 0 Å². The first-order valence-electron chi connectivity index (χ1n) is 13.9. The molecular weight excluding hydrogens is 558 g/mol. The molecular formula is C26H49N5O9S. The summed E-state index contributed by atoms with van der Waals surface area (Å²) in [6.45, 7) is 6.58. The quantitative estimate of drug-likeness (QED) is 0.0531. The Balaban J connectivity index is 4.28. The van der Waals surface area contributed by atoms with Crippen LogP contribution in [0.1, 0.15) is 59.3 Å². The zero-order valence-electron chi connectivity index (χ0n) is 24.7. The van der Waals surface area contributed by atoms with Crippen molar-refractivity contribution in [3.63, 3.8) is 0 Å². The molecule has 0 saturated carbocycles. The van der Waals surface area contributed by atoms with Gasteiger partial charge in [-0.25, -0.2) is 5.43 Å². The number of amides is 4. The number of nitrogens with one attached hydrogen (secondary N) is 4. The molecule has 0 spiro atoms. The minimum atomic E-state index is -1.20. The lowest BCUT2D eigenvalue weighted by molar-refractivity contribution is -0.132. The highest BCUT2D eigenvalue weighted by Gasteiger charge is 2.27. The van der Waals surface area contributed by atoms with E-state index in [4.69, 9.17) is 15.2 Å². The number of primary amides is 1. The van der Waals surface area contributed by atoms with Crippen molar-refractivity contribution in [2.24, 2.45) is 17.6 Å². The average molecular weight is 608 g/mol. The van der Waals surface area contributed by atoms with Crippen molar-refractivity contribution in [2.75, 3.05) is 51.5 Å². The number of hydrazine groups is 1. The van der Waals surface area contributed by atoms with Gasteiger partial charge in [0.25, 0.3) is 0 Å². The summed E-state index contributed by atoms with van der Waals surface area (Å²) in [5.74, 6) is -2.69. The summed E-state index contributed by atoms with van der Waals surface area (Å²) in [5, 5.41) is 15.1. The summed E-state index contributed by atoms with van der Waals surface area (Å²) in [6.07, 6.45) is 2.84. The van der Waals surface area contributed by atoms with Gasteiger partial charge in [-0.05, 0) is 26.2 Å². The maximum Gasteiger partial charge on any atom is 0.245 e. The van der Waals surface area contributed by atoms with E-state index in [1.54, 1.807) is 13.8 Å². The van der Waals surface area contributed by atoms with Crippen LogP contribution >= 0.6 is 0 Å². The number of hydrogen-bond donors (Lipinski definition) is 6. The first kappa shape index (κ1) is 38.5. The Morgan fingerprint density at radius 3 is 2.20 bits per heavy atom. The van der Waals surface area contributed by atoms with Gasteiger partial charge in [-0.3, -0.25) is 33.6 Å². The molecule has 0 fully saturated rings. The Morgan fingerprint density at radius 1 is 0.927 bits per heavy atom. The molecule has 238 valence electrons. The summed E-state index contributed by atoms with van der Waals surface area (Å²) in [5.41, 5.74) is 9.96. The fourth-order valence-corrected chi connectivity index (χ4v) is 4.16. The van der Waals surface area contributed by atoms with Crippen LogP contribution in [0.2, 0.25) is 0 Å². The van der Waals surface area contributed by atoms with E-state index in [9.17, 15) is 33.3 Å². The van der Waals surface area contributed by atoms with Gasteiger partial charge in [0.2, 0.25) is 23.6 Å². The molecule has 15 heteroatoms. The van der Waals surface area contributed by atoms with E-state index >= 15 is 0 Å². The molecule has 7 N–H and O–H groups in total. The second kappa shape index (κ2) is 23.1. The number of nitrogens with two attached hydrogens (primary N) is 1. The Morgan fingerprint density at radius 2 is 1.59 bits per heavy atom. The van der Waals surface area contributed by atoms with Gasteiger partial charge in [-0.1, -0.05) is 20.3 Å². The van der Waals surface area contributed by atoms with Crippen molar-refractivity contribution < 1.29 is 42.8 Å². The highest BCUT2D eigenvalue weighted by molar-refractivity contribution is 7.84. The second-order valence-electron chi connectivity index (χ2n) is 9.80. The van der Waals surface area contributed by atoms with Gasteiger partial charge in [0.05, 0.1) is 25.9 Å². The number of aliphatic hydroxyl groups excluding tert-OH is 1. The zero-order chi connectivity index (χ0) is 31.2. The van der Waals surface area contributed by atoms with Gasteiger partial charge in [-0.15, -0.1) is 0 Å². The topological polar surface area (TPSA) is 215 Å². The number of rotatable bonds is 25. The summed E-state index contributed by atoms with van der Waals surface area (Å²) < 4.78 is 22.1. The van der Waals surface area contributed by atoms with Gasteiger partial charge < -0.3 is 30.9 Å². The molecule has 0 aromatic heterocycles. The molecule has 14 nitrogen and oxygen atoms in total. The maximum atomic E-state index is 12.8. The number of ether oxygens (including phenoxy) is 2. The highest BCUT2D eigenvalue weighted by Crippen LogP contribution is 2.17. The number of ketones is 1. The standard InChI is InChI=1S/C26H49N5O9S/c1-5-22(34)29-11-12-39-13-14-40-17-23(35)28-10-7-6-8-18(2)21(33)16-20(9-15-41(4)38)26(37)31-30-24(19(3)32)25(27)36/h18-20,24,30,32H,5-17H2,1-4H3,(H2,27,36)(H,28,35)(H,29,34)(H,31,37)/t18-,19+,20+,24-,41?/m0/s1. The van der Waals surface area contributed by atoms with Gasteiger partial charge in [0, 0.05) is 60.6 Å². The van der Waals surface area contributed by atoms with Crippen LogP contribution in [-0.4, -0.2) is 102 Å². The maximum absolute atomic E-state index is 12.8. The molecule has 0 rings (SSSR count). The van der Waals surface area contributed by atoms with Crippen LogP contribution in [0.5, 0.6) is 0 Å². The second-order valence-corrected chi connectivity index (χ2v) is 11.4. The SMILES string of the molecule is CCC(=O)NCCOCCOCC(=O)NCCCC[C@H](C)C(=O)C[C@@H](CCS(C)=O)C(=O)NN[C@H](C(N)=O)[C@@H](C)O. The normalized spacial score (nSPS) is 14.8. The van der Waals surface area contributed by atoms with E-state index in [2.05, 4.69) is 21.5 Å². The Labute approximate surface area is 245 Å². The molecule has 41 heavy (non-hydrogen) atoms. The molecule has 0 aliphatic carbocycles. The van der Waals surface area contributed by atoms with E-state index < -0.39 is 40.7 Å². The lowest BCUT2D eigenvalue weighted by Crippen LogP contribution is -2.56. The molecule has 1 unspecified atom stereocenters. The fraction of sp³-hybridized carbons (Fsp3) is 0.808. The number of aliphatic hydroxyl groups is 1. The van der Waals surface area contributed by atoms with E-state index in [0.717, 1.165) is 0 Å². The van der Waals surface area contributed by atoms with Crippen LogP contribution in [-0.2, 0) is 44.2 Å². The van der Waals surface area contributed by atoms with E-state index in [1.807, 2.05) is 0 Å². The molecule has 4 amide bonds. The van der Waals surface area contributed by atoms with Crippen LogP contribution < -0.4 is 27.2 Å². The molecule has 5 atom stereocenters. The predicted octanol–water partition coefficient (Wildman–Crippen LogP) is -1.33.